The molecule has 98 valence electrons. The molecular formula is C14H19ClN2O. The predicted octanol–water partition coefficient (Wildman–Crippen LogP) is 2.83. The van der Waals surface area contributed by atoms with E-state index in [2.05, 4.69) is 19.2 Å². The van der Waals surface area contributed by atoms with Crippen molar-refractivity contribution in [2.75, 3.05) is 11.4 Å². The molecule has 18 heavy (non-hydrogen) atoms. The number of carbonyl (C=O) groups is 1. The van der Waals surface area contributed by atoms with E-state index in [9.17, 15) is 4.79 Å². The first-order valence-corrected chi connectivity index (χ1v) is 6.63. The number of benzene rings is 1. The molecule has 1 aliphatic heterocycles. The van der Waals surface area contributed by atoms with Crippen LogP contribution in [0.5, 0.6) is 0 Å². The topological polar surface area (TPSA) is 32.3 Å². The van der Waals surface area contributed by atoms with Crippen LogP contribution in [-0.4, -0.2) is 24.0 Å². The number of carbonyl (C=O) groups excluding carboxylic acids is 1. The Kier molecular flexibility index (Phi) is 3.64. The largest absolute Gasteiger partial charge is 0.306 e. The predicted molar refractivity (Wildman–Crippen MR) is 75.1 cm³/mol. The fourth-order valence-electron chi connectivity index (χ4n) is 2.38. The van der Waals surface area contributed by atoms with Crippen LogP contribution in [0.4, 0.5) is 5.69 Å². The Morgan fingerprint density at radius 3 is 2.83 bits per heavy atom. The van der Waals surface area contributed by atoms with Crippen LogP contribution in [0.15, 0.2) is 24.3 Å². The molecule has 1 heterocycles. The molecule has 1 aliphatic rings. The second kappa shape index (κ2) is 4.90. The van der Waals surface area contributed by atoms with E-state index in [0.717, 1.165) is 18.7 Å². The number of rotatable bonds is 1. The molecule has 0 aromatic heterocycles. The third-order valence-corrected chi connectivity index (χ3v) is 3.68. The number of halogens is 1. The Morgan fingerprint density at radius 1 is 1.44 bits per heavy atom. The van der Waals surface area contributed by atoms with E-state index < -0.39 is 0 Å². The van der Waals surface area contributed by atoms with Gasteiger partial charge >= 0.3 is 0 Å². The van der Waals surface area contributed by atoms with Crippen LogP contribution in [0.3, 0.4) is 0 Å². The van der Waals surface area contributed by atoms with Gasteiger partial charge in [0.05, 0.1) is 6.04 Å². The zero-order valence-electron chi connectivity index (χ0n) is 11.0. The minimum absolute atomic E-state index is 0.0970. The summed E-state index contributed by atoms with van der Waals surface area (Å²) in [6.45, 7) is 6.93. The van der Waals surface area contributed by atoms with Crippen molar-refractivity contribution in [2.24, 2.45) is 0 Å². The van der Waals surface area contributed by atoms with Gasteiger partial charge in [-0.25, -0.2) is 0 Å². The Morgan fingerprint density at radius 2 is 2.17 bits per heavy atom. The van der Waals surface area contributed by atoms with Crippen LogP contribution in [0.2, 0.25) is 5.02 Å². The molecule has 0 saturated carbocycles. The number of hydrogen-bond donors (Lipinski definition) is 1. The molecule has 1 unspecified atom stereocenters. The van der Waals surface area contributed by atoms with Crippen LogP contribution in [0.25, 0.3) is 0 Å². The summed E-state index contributed by atoms with van der Waals surface area (Å²) < 4.78 is 0. The lowest BCUT2D eigenvalue weighted by Crippen LogP contribution is -2.50. The smallest absolute Gasteiger partial charge is 0.244 e. The molecule has 1 N–H and O–H groups in total. The molecule has 3 nitrogen and oxygen atoms in total. The van der Waals surface area contributed by atoms with Gasteiger partial charge < -0.3 is 10.2 Å². The quantitative estimate of drug-likeness (QED) is 0.848. The fraction of sp³-hybridized carbons (Fsp3) is 0.500. The molecular weight excluding hydrogens is 248 g/mol. The van der Waals surface area contributed by atoms with Crippen molar-refractivity contribution >= 4 is 23.2 Å². The van der Waals surface area contributed by atoms with E-state index in [0.29, 0.717) is 5.02 Å². The minimum atomic E-state index is -0.209. The number of anilines is 1. The first kappa shape index (κ1) is 13.4. The summed E-state index contributed by atoms with van der Waals surface area (Å²) in [5.74, 6) is 0.0970. The first-order chi connectivity index (χ1) is 8.42. The molecule has 0 aliphatic carbocycles. The molecule has 0 radical (unpaired) electrons. The molecule has 1 fully saturated rings. The van der Waals surface area contributed by atoms with Gasteiger partial charge in [-0.05, 0) is 51.9 Å². The second-order valence-corrected chi connectivity index (χ2v) is 5.83. The van der Waals surface area contributed by atoms with Gasteiger partial charge in [0.1, 0.15) is 0 Å². The lowest BCUT2D eigenvalue weighted by atomic mass is 9.97. The van der Waals surface area contributed by atoms with Crippen LogP contribution >= 0.6 is 11.6 Å². The van der Waals surface area contributed by atoms with E-state index in [4.69, 9.17) is 11.6 Å². The standard InChI is InChI=1S/C14H19ClN2O/c1-10-13(18)17(14(2,3)7-8-16-10)12-6-4-5-11(15)9-12/h4-6,9-10,16H,7-8H2,1-3H3. The average Bonchev–Trinajstić information content (AvgIpc) is 2.37. The molecule has 0 spiro atoms. The summed E-state index contributed by atoms with van der Waals surface area (Å²) in [7, 11) is 0. The lowest BCUT2D eigenvalue weighted by molar-refractivity contribution is -0.120. The highest BCUT2D eigenvalue weighted by molar-refractivity contribution is 6.30. The van der Waals surface area contributed by atoms with Crippen molar-refractivity contribution in [1.29, 1.82) is 0 Å². The number of amides is 1. The van der Waals surface area contributed by atoms with Gasteiger partial charge in [0, 0.05) is 16.2 Å². The Balaban J connectivity index is 2.45. The van der Waals surface area contributed by atoms with Crippen molar-refractivity contribution in [1.82, 2.24) is 5.32 Å². The Bertz CT molecular complexity index is 459. The van der Waals surface area contributed by atoms with E-state index in [1.165, 1.54) is 0 Å². The summed E-state index contributed by atoms with van der Waals surface area (Å²) in [4.78, 5) is 14.4. The molecule has 1 aromatic carbocycles. The molecule has 0 bridgehead atoms. The molecule has 1 saturated heterocycles. The van der Waals surface area contributed by atoms with Crippen molar-refractivity contribution in [3.05, 3.63) is 29.3 Å². The van der Waals surface area contributed by atoms with E-state index in [-0.39, 0.29) is 17.5 Å². The minimum Gasteiger partial charge on any atom is -0.306 e. The fourth-order valence-corrected chi connectivity index (χ4v) is 2.56. The van der Waals surface area contributed by atoms with Gasteiger partial charge in [0.2, 0.25) is 5.91 Å². The molecule has 4 heteroatoms. The molecule has 1 amide bonds. The van der Waals surface area contributed by atoms with Gasteiger partial charge in [-0.3, -0.25) is 4.79 Å². The van der Waals surface area contributed by atoms with Gasteiger partial charge in [-0.2, -0.15) is 0 Å². The van der Waals surface area contributed by atoms with E-state index in [1.54, 1.807) is 0 Å². The summed E-state index contributed by atoms with van der Waals surface area (Å²) in [5, 5.41) is 3.89. The number of hydrogen-bond acceptors (Lipinski definition) is 2. The monoisotopic (exact) mass is 266 g/mol. The van der Waals surface area contributed by atoms with Crippen LogP contribution in [-0.2, 0) is 4.79 Å². The van der Waals surface area contributed by atoms with Gasteiger partial charge in [0.15, 0.2) is 0 Å². The van der Waals surface area contributed by atoms with Crippen molar-refractivity contribution in [3.63, 3.8) is 0 Å². The Hall–Kier alpha value is -1.06. The summed E-state index contributed by atoms with van der Waals surface area (Å²) in [6, 6.07) is 7.32. The third kappa shape index (κ3) is 2.52. The van der Waals surface area contributed by atoms with Gasteiger partial charge in [0.25, 0.3) is 0 Å². The maximum absolute atomic E-state index is 12.5. The SMILES string of the molecule is CC1NCCC(C)(C)N(c2cccc(Cl)c2)C1=O. The zero-order chi connectivity index (χ0) is 13.3. The van der Waals surface area contributed by atoms with E-state index in [1.807, 2.05) is 36.1 Å². The number of nitrogens with one attached hydrogen (secondary N) is 1. The van der Waals surface area contributed by atoms with Crippen LogP contribution in [0, 0.1) is 0 Å². The highest BCUT2D eigenvalue weighted by Gasteiger charge is 2.36. The summed E-state index contributed by atoms with van der Waals surface area (Å²) in [6.07, 6.45) is 0.912. The summed E-state index contributed by atoms with van der Waals surface area (Å²) >= 11 is 6.03. The highest BCUT2D eigenvalue weighted by atomic mass is 35.5. The molecule has 1 aromatic rings. The van der Waals surface area contributed by atoms with Crippen LogP contribution in [0.1, 0.15) is 27.2 Å². The lowest BCUT2D eigenvalue weighted by Gasteiger charge is -2.37. The van der Waals surface area contributed by atoms with E-state index >= 15 is 0 Å². The van der Waals surface area contributed by atoms with Crippen molar-refractivity contribution in [2.45, 2.75) is 38.8 Å². The normalized spacial score (nSPS) is 23.9. The maximum Gasteiger partial charge on any atom is 0.244 e. The van der Waals surface area contributed by atoms with Crippen molar-refractivity contribution in [3.8, 4) is 0 Å². The maximum atomic E-state index is 12.5. The average molecular weight is 267 g/mol. The van der Waals surface area contributed by atoms with Gasteiger partial charge in [-0.1, -0.05) is 17.7 Å². The number of nitrogens with zero attached hydrogens (tertiary/aromatic N) is 1. The van der Waals surface area contributed by atoms with Crippen molar-refractivity contribution < 1.29 is 4.79 Å². The van der Waals surface area contributed by atoms with Crippen LogP contribution < -0.4 is 10.2 Å². The molecule has 2 rings (SSSR count). The third-order valence-electron chi connectivity index (χ3n) is 3.45. The summed E-state index contributed by atoms with van der Waals surface area (Å²) in [5.41, 5.74) is 0.660. The zero-order valence-corrected chi connectivity index (χ0v) is 11.8. The highest BCUT2D eigenvalue weighted by Crippen LogP contribution is 2.30. The van der Waals surface area contributed by atoms with Gasteiger partial charge in [-0.15, -0.1) is 0 Å². The first-order valence-electron chi connectivity index (χ1n) is 6.25. The second-order valence-electron chi connectivity index (χ2n) is 5.39. The molecule has 1 atom stereocenters. The Labute approximate surface area is 113 Å².